The molecule has 1 amide bonds. The number of aromatic amines is 1. The van der Waals surface area contributed by atoms with Gasteiger partial charge in [-0.3, -0.25) is 9.59 Å². The summed E-state index contributed by atoms with van der Waals surface area (Å²) in [6.07, 6.45) is 1.67. The summed E-state index contributed by atoms with van der Waals surface area (Å²) in [5.41, 5.74) is 1.39. The van der Waals surface area contributed by atoms with Gasteiger partial charge < -0.3 is 19.4 Å². The third kappa shape index (κ3) is 3.65. The average molecular weight is 410 g/mol. The van der Waals surface area contributed by atoms with E-state index in [0.717, 1.165) is 23.3 Å². The summed E-state index contributed by atoms with van der Waals surface area (Å²) >= 11 is 1.54. The van der Waals surface area contributed by atoms with Crippen LogP contribution in [0.5, 0.6) is 11.5 Å². The fourth-order valence-corrected chi connectivity index (χ4v) is 4.51. The van der Waals surface area contributed by atoms with Crippen molar-refractivity contribution in [2.75, 3.05) is 20.8 Å². The number of amides is 1. The summed E-state index contributed by atoms with van der Waals surface area (Å²) in [6, 6.07) is 12.7. The quantitative estimate of drug-likeness (QED) is 0.687. The van der Waals surface area contributed by atoms with Gasteiger partial charge in [-0.1, -0.05) is 6.07 Å². The SMILES string of the molecule is COc1ccc(OC)c(C2CCCN2C(=O)c2ccc(-c3cccs3)[nH]c2=O)c1. The Balaban J connectivity index is 1.66. The second-order valence-electron chi connectivity index (χ2n) is 6.86. The molecular weight excluding hydrogens is 388 g/mol. The highest BCUT2D eigenvalue weighted by atomic mass is 32.1. The highest BCUT2D eigenvalue weighted by Crippen LogP contribution is 2.39. The summed E-state index contributed by atoms with van der Waals surface area (Å²) in [5.74, 6) is 1.15. The molecule has 1 fully saturated rings. The monoisotopic (exact) mass is 410 g/mol. The Morgan fingerprint density at radius 3 is 2.72 bits per heavy atom. The molecule has 1 atom stereocenters. The molecule has 6 nitrogen and oxygen atoms in total. The Labute approximate surface area is 172 Å². The number of hydrogen-bond donors (Lipinski definition) is 1. The maximum atomic E-state index is 13.2. The number of carbonyl (C=O) groups is 1. The number of thiophene rings is 1. The van der Waals surface area contributed by atoms with Crippen LogP contribution in [0, 0.1) is 0 Å². The van der Waals surface area contributed by atoms with E-state index in [1.54, 1.807) is 31.3 Å². The van der Waals surface area contributed by atoms with Gasteiger partial charge in [0.2, 0.25) is 0 Å². The van der Waals surface area contributed by atoms with Gasteiger partial charge in [0.1, 0.15) is 17.1 Å². The van der Waals surface area contributed by atoms with Crippen molar-refractivity contribution in [1.82, 2.24) is 9.88 Å². The van der Waals surface area contributed by atoms with Crippen LogP contribution in [0.15, 0.2) is 52.6 Å². The van der Waals surface area contributed by atoms with Crippen LogP contribution in [0.2, 0.25) is 0 Å². The maximum absolute atomic E-state index is 13.2. The smallest absolute Gasteiger partial charge is 0.261 e. The second kappa shape index (κ2) is 8.13. The normalized spacial score (nSPS) is 16.1. The van der Waals surface area contributed by atoms with E-state index in [-0.39, 0.29) is 23.1 Å². The first-order chi connectivity index (χ1) is 14.1. The molecule has 29 heavy (non-hydrogen) atoms. The molecule has 3 aromatic rings. The summed E-state index contributed by atoms with van der Waals surface area (Å²) in [7, 11) is 3.22. The predicted octanol–water partition coefficient (Wildman–Crippen LogP) is 4.10. The molecule has 3 heterocycles. The summed E-state index contributed by atoms with van der Waals surface area (Å²) in [4.78, 5) is 31.5. The van der Waals surface area contributed by atoms with Crippen molar-refractivity contribution in [3.8, 4) is 22.1 Å². The molecule has 0 spiro atoms. The van der Waals surface area contributed by atoms with Crippen molar-refractivity contribution >= 4 is 17.2 Å². The summed E-state index contributed by atoms with van der Waals surface area (Å²) in [5, 5.41) is 1.95. The minimum absolute atomic E-state index is 0.152. The number of rotatable bonds is 5. The van der Waals surface area contributed by atoms with Crippen molar-refractivity contribution < 1.29 is 14.3 Å². The Morgan fingerprint density at radius 1 is 1.17 bits per heavy atom. The fourth-order valence-electron chi connectivity index (χ4n) is 3.81. The van der Waals surface area contributed by atoms with Gasteiger partial charge in [-0.05, 0) is 54.6 Å². The Kier molecular flexibility index (Phi) is 5.40. The van der Waals surface area contributed by atoms with E-state index in [0.29, 0.717) is 23.7 Å². The zero-order valence-corrected chi connectivity index (χ0v) is 17.1. The molecule has 2 aromatic heterocycles. The van der Waals surface area contributed by atoms with Crippen LogP contribution in [-0.2, 0) is 0 Å². The van der Waals surface area contributed by atoms with E-state index in [2.05, 4.69) is 4.98 Å². The lowest BCUT2D eigenvalue weighted by molar-refractivity contribution is 0.0732. The van der Waals surface area contributed by atoms with E-state index in [4.69, 9.17) is 9.47 Å². The Bertz CT molecular complexity index is 1070. The number of nitrogens with zero attached hydrogens (tertiary/aromatic N) is 1. The van der Waals surface area contributed by atoms with Gasteiger partial charge in [0.15, 0.2) is 0 Å². The maximum Gasteiger partial charge on any atom is 0.261 e. The molecular formula is C22H22N2O4S. The number of nitrogens with one attached hydrogen (secondary N) is 1. The number of carbonyl (C=O) groups excluding carboxylic acids is 1. The molecule has 0 bridgehead atoms. The predicted molar refractivity (Wildman–Crippen MR) is 113 cm³/mol. The zero-order valence-electron chi connectivity index (χ0n) is 16.3. The number of methoxy groups -OCH3 is 2. The minimum Gasteiger partial charge on any atom is -0.497 e. The lowest BCUT2D eigenvalue weighted by Crippen LogP contribution is -2.34. The van der Waals surface area contributed by atoms with Crippen molar-refractivity contribution in [2.45, 2.75) is 18.9 Å². The summed E-state index contributed by atoms with van der Waals surface area (Å²) in [6.45, 7) is 0.593. The number of aromatic nitrogens is 1. The van der Waals surface area contributed by atoms with E-state index in [1.165, 1.54) is 11.3 Å². The van der Waals surface area contributed by atoms with Crippen LogP contribution < -0.4 is 15.0 Å². The molecule has 1 aromatic carbocycles. The first-order valence-electron chi connectivity index (χ1n) is 9.42. The van der Waals surface area contributed by atoms with Gasteiger partial charge in [0.25, 0.3) is 11.5 Å². The summed E-state index contributed by atoms with van der Waals surface area (Å²) < 4.78 is 10.9. The van der Waals surface area contributed by atoms with Crippen molar-refractivity contribution in [2.24, 2.45) is 0 Å². The minimum atomic E-state index is -0.371. The molecule has 7 heteroatoms. The molecule has 0 aliphatic carbocycles. The number of ether oxygens (including phenoxy) is 2. The van der Waals surface area contributed by atoms with Gasteiger partial charge in [-0.15, -0.1) is 11.3 Å². The van der Waals surface area contributed by atoms with Crippen molar-refractivity contribution in [3.05, 3.63) is 69.3 Å². The first-order valence-corrected chi connectivity index (χ1v) is 10.3. The number of pyridine rings is 1. The lowest BCUT2D eigenvalue weighted by atomic mass is 10.0. The molecule has 1 aliphatic heterocycles. The highest BCUT2D eigenvalue weighted by Gasteiger charge is 2.33. The Morgan fingerprint density at radius 2 is 2.03 bits per heavy atom. The molecule has 0 saturated carbocycles. The molecule has 150 valence electrons. The van der Waals surface area contributed by atoms with Crippen molar-refractivity contribution in [3.63, 3.8) is 0 Å². The van der Waals surface area contributed by atoms with Crippen LogP contribution in [0.25, 0.3) is 10.6 Å². The first kappa shape index (κ1) is 19.3. The zero-order chi connectivity index (χ0) is 20.4. The fraction of sp³-hybridized carbons (Fsp3) is 0.273. The topological polar surface area (TPSA) is 71.6 Å². The van der Waals surface area contributed by atoms with E-state index in [1.807, 2.05) is 35.7 Å². The van der Waals surface area contributed by atoms with E-state index < -0.39 is 0 Å². The van der Waals surface area contributed by atoms with Crippen LogP contribution in [-0.4, -0.2) is 36.6 Å². The van der Waals surface area contributed by atoms with Crippen LogP contribution in [0.4, 0.5) is 0 Å². The number of hydrogen-bond acceptors (Lipinski definition) is 5. The molecule has 0 radical (unpaired) electrons. The van der Waals surface area contributed by atoms with Crippen LogP contribution in [0.1, 0.15) is 34.8 Å². The van der Waals surface area contributed by atoms with Gasteiger partial charge in [-0.25, -0.2) is 0 Å². The lowest BCUT2D eigenvalue weighted by Gasteiger charge is -2.26. The molecule has 1 aliphatic rings. The van der Waals surface area contributed by atoms with Gasteiger partial charge in [0, 0.05) is 12.1 Å². The number of likely N-dealkylation sites (tertiary alicyclic amines) is 1. The standard InChI is InChI=1S/C22H22N2O4S/c1-27-14-7-10-19(28-2)16(13-14)18-5-3-11-24(18)22(26)15-8-9-17(23-21(15)25)20-6-4-12-29-20/h4,6-10,12-13,18H,3,5,11H2,1-2H3,(H,23,25). The number of benzene rings is 1. The molecule has 1 unspecified atom stereocenters. The van der Waals surface area contributed by atoms with Gasteiger partial charge in [-0.2, -0.15) is 0 Å². The van der Waals surface area contributed by atoms with Gasteiger partial charge in [0.05, 0.1) is 30.8 Å². The van der Waals surface area contributed by atoms with Crippen LogP contribution >= 0.6 is 11.3 Å². The Hall–Kier alpha value is -3.06. The largest absolute Gasteiger partial charge is 0.497 e. The average Bonchev–Trinajstić information content (AvgIpc) is 3.44. The van der Waals surface area contributed by atoms with Gasteiger partial charge >= 0.3 is 0 Å². The van der Waals surface area contributed by atoms with Crippen molar-refractivity contribution in [1.29, 1.82) is 0 Å². The van der Waals surface area contributed by atoms with Crippen LogP contribution in [0.3, 0.4) is 0 Å². The molecule has 4 rings (SSSR count). The molecule has 1 N–H and O–H groups in total. The third-order valence-corrected chi connectivity index (χ3v) is 6.14. The number of H-pyrrole nitrogens is 1. The van der Waals surface area contributed by atoms with E-state index in [9.17, 15) is 9.59 Å². The second-order valence-corrected chi connectivity index (χ2v) is 7.80. The third-order valence-electron chi connectivity index (χ3n) is 5.24. The van der Waals surface area contributed by atoms with E-state index >= 15 is 0 Å². The highest BCUT2D eigenvalue weighted by molar-refractivity contribution is 7.13. The molecule has 1 saturated heterocycles.